The quantitative estimate of drug-likeness (QED) is 0.736. The van der Waals surface area contributed by atoms with E-state index in [9.17, 15) is 4.79 Å². The van der Waals surface area contributed by atoms with E-state index in [1.165, 1.54) is 0 Å². The molecular formula is C21H26ClNO4. The highest BCUT2D eigenvalue weighted by molar-refractivity contribution is 6.32. The second-order valence-electron chi connectivity index (χ2n) is 6.36. The minimum atomic E-state index is -0.602. The second-order valence-corrected chi connectivity index (χ2v) is 6.74. The monoisotopic (exact) mass is 391 g/mol. The fourth-order valence-corrected chi connectivity index (χ4v) is 2.85. The van der Waals surface area contributed by atoms with Gasteiger partial charge in [0.05, 0.1) is 14.2 Å². The molecule has 1 amide bonds. The average molecular weight is 392 g/mol. The van der Waals surface area contributed by atoms with Crippen molar-refractivity contribution in [3.05, 3.63) is 52.0 Å². The third-order valence-electron chi connectivity index (χ3n) is 4.25. The molecule has 1 N–H and O–H groups in total. The zero-order chi connectivity index (χ0) is 20.0. The molecule has 0 aliphatic rings. The number of rotatable bonds is 8. The summed E-state index contributed by atoms with van der Waals surface area (Å²) in [6.07, 6.45) is 0.0770. The zero-order valence-corrected chi connectivity index (χ0v) is 17.1. The molecule has 2 rings (SSSR count). The molecule has 0 aromatic heterocycles. The highest BCUT2D eigenvalue weighted by Crippen LogP contribution is 2.28. The van der Waals surface area contributed by atoms with Crippen LogP contribution in [0, 0.1) is 13.8 Å². The van der Waals surface area contributed by atoms with Crippen LogP contribution in [0.15, 0.2) is 30.3 Å². The summed E-state index contributed by atoms with van der Waals surface area (Å²) < 4.78 is 16.3. The van der Waals surface area contributed by atoms with Gasteiger partial charge in [-0.05, 0) is 68.1 Å². The van der Waals surface area contributed by atoms with Crippen LogP contribution in [0.3, 0.4) is 0 Å². The van der Waals surface area contributed by atoms with Gasteiger partial charge in [-0.25, -0.2) is 0 Å². The molecule has 6 heteroatoms. The van der Waals surface area contributed by atoms with Crippen LogP contribution < -0.4 is 19.5 Å². The number of hydrogen-bond acceptors (Lipinski definition) is 4. The number of amides is 1. The maximum absolute atomic E-state index is 12.3. The number of ether oxygens (including phenoxy) is 3. The minimum Gasteiger partial charge on any atom is -0.493 e. The molecule has 0 unspecified atom stereocenters. The Kier molecular flexibility index (Phi) is 7.36. The highest BCUT2D eigenvalue weighted by Gasteiger charge is 2.15. The lowest BCUT2D eigenvalue weighted by Gasteiger charge is -2.16. The summed E-state index contributed by atoms with van der Waals surface area (Å²) in [6.45, 7) is 6.05. The third-order valence-corrected chi connectivity index (χ3v) is 4.85. The normalized spacial score (nSPS) is 11.6. The van der Waals surface area contributed by atoms with Gasteiger partial charge in [-0.3, -0.25) is 4.79 Å². The maximum Gasteiger partial charge on any atom is 0.260 e. The molecule has 0 fully saturated rings. The Morgan fingerprint density at radius 3 is 2.30 bits per heavy atom. The molecule has 0 heterocycles. The summed E-state index contributed by atoms with van der Waals surface area (Å²) in [4.78, 5) is 12.3. The molecule has 0 aliphatic carbocycles. The maximum atomic E-state index is 12.3. The number of methoxy groups -OCH3 is 2. The SMILES string of the molecule is COc1ccc(CCNC(=O)[C@H](C)Oc2cc(C)c(Cl)c(C)c2)cc1OC. The van der Waals surface area contributed by atoms with Crippen LogP contribution in [0.4, 0.5) is 0 Å². The van der Waals surface area contributed by atoms with Crippen LogP contribution in [-0.4, -0.2) is 32.8 Å². The largest absolute Gasteiger partial charge is 0.493 e. The molecule has 0 saturated heterocycles. The van der Waals surface area contributed by atoms with E-state index >= 15 is 0 Å². The van der Waals surface area contributed by atoms with Crippen molar-refractivity contribution < 1.29 is 19.0 Å². The Morgan fingerprint density at radius 1 is 1.07 bits per heavy atom. The van der Waals surface area contributed by atoms with Crippen LogP contribution in [0.1, 0.15) is 23.6 Å². The van der Waals surface area contributed by atoms with Crippen molar-refractivity contribution in [3.8, 4) is 17.2 Å². The van der Waals surface area contributed by atoms with Gasteiger partial charge < -0.3 is 19.5 Å². The smallest absolute Gasteiger partial charge is 0.260 e. The molecule has 2 aromatic carbocycles. The van der Waals surface area contributed by atoms with Crippen LogP contribution in [0.2, 0.25) is 5.02 Å². The summed E-state index contributed by atoms with van der Waals surface area (Å²) in [5, 5.41) is 3.61. The average Bonchev–Trinajstić information content (AvgIpc) is 2.65. The third kappa shape index (κ3) is 5.54. The van der Waals surface area contributed by atoms with Crippen molar-refractivity contribution in [2.75, 3.05) is 20.8 Å². The van der Waals surface area contributed by atoms with E-state index in [0.29, 0.717) is 30.2 Å². The molecule has 146 valence electrons. The van der Waals surface area contributed by atoms with Crippen LogP contribution in [0.5, 0.6) is 17.2 Å². The van der Waals surface area contributed by atoms with Gasteiger partial charge in [0, 0.05) is 11.6 Å². The molecule has 2 aromatic rings. The molecule has 0 saturated carbocycles. The lowest BCUT2D eigenvalue weighted by Crippen LogP contribution is -2.37. The lowest BCUT2D eigenvalue weighted by atomic mass is 10.1. The van der Waals surface area contributed by atoms with E-state index in [2.05, 4.69) is 5.32 Å². The van der Waals surface area contributed by atoms with E-state index in [-0.39, 0.29) is 5.91 Å². The summed E-state index contributed by atoms with van der Waals surface area (Å²) in [6, 6.07) is 9.38. The summed E-state index contributed by atoms with van der Waals surface area (Å²) in [5.74, 6) is 1.82. The first kappa shape index (κ1) is 20.9. The molecule has 27 heavy (non-hydrogen) atoms. The summed E-state index contributed by atoms with van der Waals surface area (Å²) in [5.41, 5.74) is 2.89. The molecule has 0 spiro atoms. The van der Waals surface area contributed by atoms with Gasteiger partial charge in [-0.1, -0.05) is 17.7 Å². The van der Waals surface area contributed by atoms with Crippen molar-refractivity contribution in [3.63, 3.8) is 0 Å². The molecule has 1 atom stereocenters. The first-order valence-corrected chi connectivity index (χ1v) is 9.15. The van der Waals surface area contributed by atoms with Gasteiger partial charge in [0.2, 0.25) is 0 Å². The van der Waals surface area contributed by atoms with Gasteiger partial charge in [0.25, 0.3) is 5.91 Å². The van der Waals surface area contributed by atoms with Crippen LogP contribution in [0.25, 0.3) is 0 Å². The van der Waals surface area contributed by atoms with Crippen molar-refractivity contribution in [1.29, 1.82) is 0 Å². The Bertz CT molecular complexity index is 784. The lowest BCUT2D eigenvalue weighted by molar-refractivity contribution is -0.127. The van der Waals surface area contributed by atoms with Crippen molar-refractivity contribution >= 4 is 17.5 Å². The molecule has 5 nitrogen and oxygen atoms in total. The Morgan fingerprint density at radius 2 is 1.70 bits per heavy atom. The van der Waals surface area contributed by atoms with E-state index in [4.69, 9.17) is 25.8 Å². The van der Waals surface area contributed by atoms with E-state index in [0.717, 1.165) is 21.7 Å². The summed E-state index contributed by atoms with van der Waals surface area (Å²) >= 11 is 6.16. The van der Waals surface area contributed by atoms with Crippen molar-refractivity contribution in [1.82, 2.24) is 5.32 Å². The van der Waals surface area contributed by atoms with Gasteiger partial charge in [0.15, 0.2) is 17.6 Å². The number of halogens is 1. The molecular weight excluding hydrogens is 366 g/mol. The molecule has 0 bridgehead atoms. The molecule has 0 radical (unpaired) electrons. The van der Waals surface area contributed by atoms with E-state index in [1.54, 1.807) is 21.1 Å². The Labute approximate surface area is 165 Å². The fourth-order valence-electron chi connectivity index (χ4n) is 2.74. The first-order chi connectivity index (χ1) is 12.8. The zero-order valence-electron chi connectivity index (χ0n) is 16.4. The molecule has 0 aliphatic heterocycles. The minimum absolute atomic E-state index is 0.166. The predicted molar refractivity (Wildman–Crippen MR) is 107 cm³/mol. The van der Waals surface area contributed by atoms with E-state index in [1.807, 2.05) is 44.2 Å². The number of nitrogens with one attached hydrogen (secondary N) is 1. The number of carbonyl (C=O) groups excluding carboxylic acids is 1. The van der Waals surface area contributed by atoms with E-state index < -0.39 is 6.10 Å². The standard InChI is InChI=1S/C21H26ClNO4/c1-13-10-17(11-14(2)20(13)22)27-15(3)21(24)23-9-8-16-6-7-18(25-4)19(12-16)26-5/h6-7,10-12,15H,8-9H2,1-5H3,(H,23,24)/t15-/m0/s1. The highest BCUT2D eigenvalue weighted by atomic mass is 35.5. The number of aryl methyl sites for hydroxylation is 2. The first-order valence-electron chi connectivity index (χ1n) is 8.77. The number of carbonyl (C=O) groups is 1. The predicted octanol–water partition coefficient (Wildman–Crippen LogP) is 4.10. The van der Waals surface area contributed by atoms with Gasteiger partial charge in [-0.2, -0.15) is 0 Å². The fraction of sp³-hybridized carbons (Fsp3) is 0.381. The topological polar surface area (TPSA) is 56.8 Å². The van der Waals surface area contributed by atoms with Gasteiger partial charge in [0.1, 0.15) is 5.75 Å². The van der Waals surface area contributed by atoms with Gasteiger partial charge in [-0.15, -0.1) is 0 Å². The number of benzene rings is 2. The van der Waals surface area contributed by atoms with Crippen LogP contribution >= 0.6 is 11.6 Å². The van der Waals surface area contributed by atoms with Crippen LogP contribution in [-0.2, 0) is 11.2 Å². The summed E-state index contributed by atoms with van der Waals surface area (Å²) in [7, 11) is 3.20. The van der Waals surface area contributed by atoms with Gasteiger partial charge >= 0.3 is 0 Å². The van der Waals surface area contributed by atoms with Crippen molar-refractivity contribution in [2.24, 2.45) is 0 Å². The number of hydrogen-bond donors (Lipinski definition) is 1. The van der Waals surface area contributed by atoms with Crippen molar-refractivity contribution in [2.45, 2.75) is 33.3 Å². The second kappa shape index (κ2) is 9.51. The Balaban J connectivity index is 1.88. The Hall–Kier alpha value is -2.40.